The summed E-state index contributed by atoms with van der Waals surface area (Å²) in [5.74, 6) is 0.253. The molecule has 37 heavy (non-hydrogen) atoms. The van der Waals surface area contributed by atoms with Crippen LogP contribution >= 0.6 is 0 Å². The Morgan fingerprint density at radius 3 is 2.62 bits per heavy atom. The molecule has 182 valence electrons. The third kappa shape index (κ3) is 4.31. The van der Waals surface area contributed by atoms with Crippen LogP contribution in [0.25, 0.3) is 55.8 Å². The fraction of sp³-hybridized carbons (Fsp3) is 0.107. The van der Waals surface area contributed by atoms with Crippen LogP contribution in [0, 0.1) is 5.82 Å². The van der Waals surface area contributed by atoms with E-state index in [1.165, 1.54) is 12.1 Å². The number of aromatic amines is 2. The quantitative estimate of drug-likeness (QED) is 0.260. The molecule has 0 fully saturated rings. The highest BCUT2D eigenvalue weighted by atomic mass is 19.1. The van der Waals surface area contributed by atoms with E-state index in [4.69, 9.17) is 4.98 Å². The van der Waals surface area contributed by atoms with Crippen LogP contribution in [0.5, 0.6) is 0 Å². The van der Waals surface area contributed by atoms with Gasteiger partial charge < -0.3 is 10.3 Å². The molecule has 0 atom stereocenters. The van der Waals surface area contributed by atoms with Crippen molar-refractivity contribution in [2.75, 3.05) is 5.32 Å². The zero-order valence-electron chi connectivity index (χ0n) is 19.9. The predicted molar refractivity (Wildman–Crippen MR) is 141 cm³/mol. The van der Waals surface area contributed by atoms with Crippen molar-refractivity contribution in [1.82, 2.24) is 30.1 Å². The first-order valence-corrected chi connectivity index (χ1v) is 11.9. The van der Waals surface area contributed by atoms with E-state index in [-0.39, 0.29) is 11.7 Å². The number of fused-ring (bicyclic) bond motifs is 2. The van der Waals surface area contributed by atoms with Crippen LogP contribution < -0.4 is 5.32 Å². The van der Waals surface area contributed by atoms with E-state index < -0.39 is 0 Å². The average molecular weight is 492 g/mol. The van der Waals surface area contributed by atoms with E-state index >= 15 is 0 Å². The van der Waals surface area contributed by atoms with Gasteiger partial charge in [0.1, 0.15) is 17.0 Å². The molecule has 0 aliphatic heterocycles. The standard InChI is InChI=1S/C28H22FN7O/c1-2-3-24(37)32-20-12-18(14-30-15-20)17-6-9-22-21(13-17)26(36-35-22)28-33-23-10-11-31-25(27(23)34-28)16-4-7-19(29)8-5-16/h4-15H,2-3H2,1H3,(H,32,37)(H,33,34)(H,35,36). The second-order valence-electron chi connectivity index (χ2n) is 8.74. The number of amides is 1. The Hall–Kier alpha value is -4.92. The predicted octanol–water partition coefficient (Wildman–Crippen LogP) is 6.11. The monoisotopic (exact) mass is 491 g/mol. The van der Waals surface area contributed by atoms with Gasteiger partial charge in [-0.25, -0.2) is 9.37 Å². The molecule has 0 saturated carbocycles. The first kappa shape index (κ1) is 22.5. The Morgan fingerprint density at radius 1 is 0.946 bits per heavy atom. The molecule has 8 nitrogen and oxygen atoms in total. The maximum Gasteiger partial charge on any atom is 0.224 e. The summed E-state index contributed by atoms with van der Waals surface area (Å²) in [5.41, 5.74) is 6.89. The number of rotatable bonds is 6. The summed E-state index contributed by atoms with van der Waals surface area (Å²) in [6, 6.07) is 15.9. The van der Waals surface area contributed by atoms with Gasteiger partial charge in [-0.1, -0.05) is 13.0 Å². The Balaban J connectivity index is 1.40. The summed E-state index contributed by atoms with van der Waals surface area (Å²) in [7, 11) is 0. The molecule has 0 aliphatic rings. The molecular formula is C28H22FN7O. The fourth-order valence-corrected chi connectivity index (χ4v) is 4.36. The second kappa shape index (κ2) is 9.27. The molecule has 0 aliphatic carbocycles. The van der Waals surface area contributed by atoms with Gasteiger partial charge in [0.25, 0.3) is 0 Å². The average Bonchev–Trinajstić information content (AvgIpc) is 3.53. The minimum atomic E-state index is -0.304. The minimum absolute atomic E-state index is 0.0339. The largest absolute Gasteiger partial charge is 0.336 e. The van der Waals surface area contributed by atoms with Crippen molar-refractivity contribution in [3.63, 3.8) is 0 Å². The number of pyridine rings is 2. The molecule has 6 rings (SSSR count). The topological polar surface area (TPSA) is 112 Å². The molecule has 0 radical (unpaired) electrons. The second-order valence-corrected chi connectivity index (χ2v) is 8.74. The third-order valence-electron chi connectivity index (χ3n) is 6.14. The van der Waals surface area contributed by atoms with E-state index in [0.717, 1.165) is 39.5 Å². The van der Waals surface area contributed by atoms with Gasteiger partial charge >= 0.3 is 0 Å². The van der Waals surface area contributed by atoms with E-state index in [2.05, 4.69) is 30.5 Å². The van der Waals surface area contributed by atoms with Crippen LogP contribution in [0.1, 0.15) is 19.8 Å². The number of nitrogens with zero attached hydrogens (tertiary/aromatic N) is 4. The van der Waals surface area contributed by atoms with E-state index in [0.29, 0.717) is 34.8 Å². The maximum atomic E-state index is 13.4. The van der Waals surface area contributed by atoms with Gasteiger partial charge in [-0.2, -0.15) is 5.10 Å². The highest BCUT2D eigenvalue weighted by Crippen LogP contribution is 2.32. The Bertz CT molecular complexity index is 1750. The number of carbonyl (C=O) groups is 1. The lowest BCUT2D eigenvalue weighted by molar-refractivity contribution is -0.116. The molecule has 0 saturated heterocycles. The number of benzene rings is 2. The highest BCUT2D eigenvalue weighted by Gasteiger charge is 2.16. The van der Waals surface area contributed by atoms with Gasteiger partial charge in [-0.15, -0.1) is 0 Å². The summed E-state index contributed by atoms with van der Waals surface area (Å²) in [6.45, 7) is 1.97. The number of imidazole rings is 1. The SMILES string of the molecule is CCCC(=O)Nc1cncc(-c2ccc3[nH]nc(-c4nc5c(-c6ccc(F)cc6)nccc5[nH]4)c3c2)c1. The number of hydrogen-bond acceptors (Lipinski definition) is 5. The number of aromatic nitrogens is 6. The number of nitrogens with one attached hydrogen (secondary N) is 3. The molecule has 3 N–H and O–H groups in total. The molecule has 4 aromatic heterocycles. The molecule has 0 spiro atoms. The molecule has 0 bridgehead atoms. The molecule has 2 aromatic carbocycles. The van der Waals surface area contributed by atoms with E-state index in [1.54, 1.807) is 30.7 Å². The molecule has 0 unspecified atom stereocenters. The van der Waals surface area contributed by atoms with Crippen molar-refractivity contribution < 1.29 is 9.18 Å². The third-order valence-corrected chi connectivity index (χ3v) is 6.14. The summed E-state index contributed by atoms with van der Waals surface area (Å²) < 4.78 is 13.4. The van der Waals surface area contributed by atoms with Crippen LogP contribution in [0.3, 0.4) is 0 Å². The minimum Gasteiger partial charge on any atom is -0.336 e. The Morgan fingerprint density at radius 2 is 1.78 bits per heavy atom. The van der Waals surface area contributed by atoms with Crippen LogP contribution in [0.2, 0.25) is 0 Å². The lowest BCUT2D eigenvalue weighted by Crippen LogP contribution is -2.10. The lowest BCUT2D eigenvalue weighted by atomic mass is 10.0. The lowest BCUT2D eigenvalue weighted by Gasteiger charge is -2.07. The number of carbonyl (C=O) groups excluding carboxylic acids is 1. The zero-order chi connectivity index (χ0) is 25.4. The zero-order valence-corrected chi connectivity index (χ0v) is 19.9. The van der Waals surface area contributed by atoms with Crippen molar-refractivity contribution in [2.45, 2.75) is 19.8 Å². The first-order chi connectivity index (χ1) is 18.1. The van der Waals surface area contributed by atoms with Crippen LogP contribution in [-0.2, 0) is 4.79 Å². The van der Waals surface area contributed by atoms with Gasteiger partial charge in [-0.05, 0) is 60.5 Å². The number of anilines is 1. The first-order valence-electron chi connectivity index (χ1n) is 11.9. The smallest absolute Gasteiger partial charge is 0.224 e. The van der Waals surface area contributed by atoms with Gasteiger partial charge in [-0.3, -0.25) is 19.9 Å². The van der Waals surface area contributed by atoms with Crippen molar-refractivity contribution >= 4 is 33.5 Å². The molecular weight excluding hydrogens is 469 g/mol. The van der Waals surface area contributed by atoms with Gasteiger partial charge in [0.15, 0.2) is 5.82 Å². The van der Waals surface area contributed by atoms with Crippen molar-refractivity contribution in [1.29, 1.82) is 0 Å². The molecule has 9 heteroatoms. The van der Waals surface area contributed by atoms with Crippen molar-refractivity contribution in [3.8, 4) is 33.9 Å². The maximum absolute atomic E-state index is 13.4. The molecule has 1 amide bonds. The van der Waals surface area contributed by atoms with Crippen molar-refractivity contribution in [2.24, 2.45) is 0 Å². The molecule has 6 aromatic rings. The number of H-pyrrole nitrogens is 2. The Labute approximate surface area is 211 Å². The van der Waals surface area contributed by atoms with Crippen LogP contribution in [-0.4, -0.2) is 36.0 Å². The highest BCUT2D eigenvalue weighted by molar-refractivity contribution is 5.98. The Kier molecular flexibility index (Phi) is 5.65. The van der Waals surface area contributed by atoms with E-state index in [9.17, 15) is 9.18 Å². The summed E-state index contributed by atoms with van der Waals surface area (Å²) in [4.78, 5) is 29.0. The van der Waals surface area contributed by atoms with Crippen molar-refractivity contribution in [3.05, 3.63) is 79.0 Å². The number of halogens is 1. The van der Waals surface area contributed by atoms with Crippen LogP contribution in [0.15, 0.2) is 73.2 Å². The summed E-state index contributed by atoms with van der Waals surface area (Å²) in [5, 5.41) is 11.4. The molecule has 4 heterocycles. The van der Waals surface area contributed by atoms with Gasteiger partial charge in [0.2, 0.25) is 5.91 Å². The fourth-order valence-electron chi connectivity index (χ4n) is 4.36. The number of hydrogen-bond donors (Lipinski definition) is 3. The summed E-state index contributed by atoms with van der Waals surface area (Å²) in [6.07, 6.45) is 6.34. The van der Waals surface area contributed by atoms with Crippen LogP contribution in [0.4, 0.5) is 10.1 Å². The van der Waals surface area contributed by atoms with Gasteiger partial charge in [0, 0.05) is 35.3 Å². The van der Waals surface area contributed by atoms with Gasteiger partial charge in [0.05, 0.1) is 28.6 Å². The summed E-state index contributed by atoms with van der Waals surface area (Å²) >= 11 is 0. The normalized spacial score (nSPS) is 11.3. The van der Waals surface area contributed by atoms with E-state index in [1.807, 2.05) is 37.3 Å².